The van der Waals surface area contributed by atoms with Crippen molar-refractivity contribution in [3.05, 3.63) is 29.0 Å². The number of hydrogen-bond acceptors (Lipinski definition) is 5. The third kappa shape index (κ3) is 1.92. The Morgan fingerprint density at radius 3 is 2.93 bits per heavy atom. The molecule has 0 unspecified atom stereocenters. The van der Waals surface area contributed by atoms with Crippen LogP contribution >= 0.6 is 11.3 Å². The van der Waals surface area contributed by atoms with Gasteiger partial charge in [-0.15, -0.1) is 11.3 Å². The number of furan rings is 1. The number of ether oxygens (including phenoxy) is 1. The lowest BCUT2D eigenvalue weighted by Crippen LogP contribution is -2.00. The average molecular weight is 223 g/mol. The van der Waals surface area contributed by atoms with Gasteiger partial charge in [0.2, 0.25) is 0 Å². The van der Waals surface area contributed by atoms with Crippen LogP contribution in [-0.4, -0.2) is 18.1 Å². The predicted molar refractivity (Wildman–Crippen MR) is 55.9 cm³/mol. The Bertz CT molecular complexity index is 486. The molecule has 2 aromatic heterocycles. The minimum atomic E-state index is -0.430. The summed E-state index contributed by atoms with van der Waals surface area (Å²) in [7, 11) is 1.33. The maximum absolute atomic E-state index is 11.2. The monoisotopic (exact) mass is 223 g/mol. The van der Waals surface area contributed by atoms with Crippen LogP contribution in [0.4, 0.5) is 0 Å². The van der Waals surface area contributed by atoms with Crippen molar-refractivity contribution in [3.8, 4) is 10.8 Å². The van der Waals surface area contributed by atoms with E-state index >= 15 is 0 Å². The molecule has 0 spiro atoms. The zero-order chi connectivity index (χ0) is 10.8. The van der Waals surface area contributed by atoms with Gasteiger partial charge in [0.1, 0.15) is 5.76 Å². The molecule has 2 aromatic rings. The Labute approximate surface area is 90.5 Å². The summed E-state index contributed by atoms with van der Waals surface area (Å²) < 4.78 is 9.96. The Morgan fingerprint density at radius 2 is 2.33 bits per heavy atom. The zero-order valence-electron chi connectivity index (χ0n) is 8.31. The molecule has 15 heavy (non-hydrogen) atoms. The first-order chi connectivity index (χ1) is 7.20. The largest absolute Gasteiger partial charge is 0.464 e. The average Bonchev–Trinajstić information content (AvgIpc) is 2.84. The molecule has 0 atom stereocenters. The fraction of sp³-hybridized carbons (Fsp3) is 0.200. The summed E-state index contributed by atoms with van der Waals surface area (Å²) in [5.74, 6) is 1.06. The quantitative estimate of drug-likeness (QED) is 0.734. The maximum Gasteiger partial charge on any atom is 0.357 e. The van der Waals surface area contributed by atoms with E-state index in [-0.39, 0.29) is 0 Å². The number of esters is 1. The highest BCUT2D eigenvalue weighted by molar-refractivity contribution is 7.13. The van der Waals surface area contributed by atoms with Gasteiger partial charge in [0.25, 0.3) is 0 Å². The lowest BCUT2D eigenvalue weighted by molar-refractivity contribution is 0.0595. The molecule has 0 amide bonds. The Balaban J connectivity index is 2.31. The highest BCUT2D eigenvalue weighted by atomic mass is 32.1. The first-order valence-corrected chi connectivity index (χ1v) is 5.19. The SMILES string of the molecule is COC(=O)c1csc(-c2ccc(C)o2)n1. The Kier molecular flexibility index (Phi) is 2.55. The molecule has 0 bridgehead atoms. The number of rotatable bonds is 2. The van der Waals surface area contributed by atoms with Crippen LogP contribution in [0.2, 0.25) is 0 Å². The first-order valence-electron chi connectivity index (χ1n) is 4.31. The van der Waals surface area contributed by atoms with Crippen LogP contribution < -0.4 is 0 Å². The van der Waals surface area contributed by atoms with E-state index in [1.165, 1.54) is 18.4 Å². The number of carbonyl (C=O) groups excluding carboxylic acids is 1. The predicted octanol–water partition coefficient (Wildman–Crippen LogP) is 2.50. The number of aromatic nitrogens is 1. The molecule has 2 heterocycles. The highest BCUT2D eigenvalue weighted by Crippen LogP contribution is 2.25. The van der Waals surface area contributed by atoms with Gasteiger partial charge in [0.05, 0.1) is 7.11 Å². The maximum atomic E-state index is 11.2. The molecule has 0 aromatic carbocycles. The van der Waals surface area contributed by atoms with E-state index in [2.05, 4.69) is 9.72 Å². The van der Waals surface area contributed by atoms with Crippen molar-refractivity contribution in [3.63, 3.8) is 0 Å². The van der Waals surface area contributed by atoms with Crippen LogP contribution in [0.15, 0.2) is 21.9 Å². The highest BCUT2D eigenvalue weighted by Gasteiger charge is 2.13. The van der Waals surface area contributed by atoms with Crippen molar-refractivity contribution in [2.45, 2.75) is 6.92 Å². The summed E-state index contributed by atoms with van der Waals surface area (Å²) in [6.45, 7) is 1.86. The lowest BCUT2D eigenvalue weighted by atomic mass is 10.4. The summed E-state index contributed by atoms with van der Waals surface area (Å²) in [4.78, 5) is 15.3. The fourth-order valence-corrected chi connectivity index (χ4v) is 1.88. The minimum Gasteiger partial charge on any atom is -0.464 e. The molecule has 0 fully saturated rings. The third-order valence-corrected chi connectivity index (χ3v) is 2.71. The summed E-state index contributed by atoms with van der Waals surface area (Å²) >= 11 is 1.35. The van der Waals surface area contributed by atoms with Gasteiger partial charge in [0.15, 0.2) is 16.5 Å². The molecule has 0 radical (unpaired) electrons. The molecule has 4 nitrogen and oxygen atoms in total. The van der Waals surface area contributed by atoms with Gasteiger partial charge in [-0.3, -0.25) is 0 Å². The van der Waals surface area contributed by atoms with Crippen molar-refractivity contribution in [1.29, 1.82) is 0 Å². The van der Waals surface area contributed by atoms with Gasteiger partial charge in [-0.2, -0.15) is 0 Å². The van der Waals surface area contributed by atoms with Crippen LogP contribution in [0.5, 0.6) is 0 Å². The summed E-state index contributed by atoms with van der Waals surface area (Å²) in [6, 6.07) is 3.68. The number of carbonyl (C=O) groups is 1. The van der Waals surface area contributed by atoms with Crippen molar-refractivity contribution < 1.29 is 13.9 Å². The van der Waals surface area contributed by atoms with Gasteiger partial charge in [-0.1, -0.05) is 0 Å². The van der Waals surface area contributed by atoms with Crippen LogP contribution in [-0.2, 0) is 4.74 Å². The van der Waals surface area contributed by atoms with Crippen LogP contribution in [0, 0.1) is 6.92 Å². The van der Waals surface area contributed by atoms with E-state index in [9.17, 15) is 4.79 Å². The van der Waals surface area contributed by atoms with Crippen molar-refractivity contribution in [2.75, 3.05) is 7.11 Å². The molecule has 0 saturated heterocycles. The summed E-state index contributed by atoms with van der Waals surface area (Å²) in [6.07, 6.45) is 0. The second kappa shape index (κ2) is 3.86. The molecular formula is C10H9NO3S. The van der Waals surface area contributed by atoms with E-state index in [4.69, 9.17) is 4.42 Å². The number of hydrogen-bond donors (Lipinski definition) is 0. The van der Waals surface area contributed by atoms with E-state index in [0.717, 1.165) is 5.76 Å². The van der Waals surface area contributed by atoms with E-state index in [1.54, 1.807) is 5.38 Å². The number of methoxy groups -OCH3 is 1. The third-order valence-electron chi connectivity index (χ3n) is 1.85. The van der Waals surface area contributed by atoms with Gasteiger partial charge in [-0.25, -0.2) is 9.78 Å². The first kappa shape index (κ1) is 9.92. The van der Waals surface area contributed by atoms with Gasteiger partial charge >= 0.3 is 5.97 Å². The second-order valence-corrected chi connectivity index (χ2v) is 3.80. The number of aryl methyl sites for hydroxylation is 1. The normalized spacial score (nSPS) is 10.3. The van der Waals surface area contributed by atoms with Gasteiger partial charge < -0.3 is 9.15 Å². The fourth-order valence-electron chi connectivity index (χ4n) is 1.13. The Hall–Kier alpha value is -1.62. The van der Waals surface area contributed by atoms with Crippen molar-refractivity contribution in [2.24, 2.45) is 0 Å². The molecule has 0 aliphatic carbocycles. The standard InChI is InChI=1S/C10H9NO3S/c1-6-3-4-8(14-6)9-11-7(5-15-9)10(12)13-2/h3-5H,1-2H3. The number of thiazole rings is 1. The molecule has 78 valence electrons. The van der Waals surface area contributed by atoms with Crippen LogP contribution in [0.25, 0.3) is 10.8 Å². The molecule has 5 heteroatoms. The summed E-state index contributed by atoms with van der Waals surface area (Å²) in [5.41, 5.74) is 0.312. The molecular weight excluding hydrogens is 214 g/mol. The lowest BCUT2D eigenvalue weighted by Gasteiger charge is -1.91. The van der Waals surface area contributed by atoms with E-state index < -0.39 is 5.97 Å². The molecule has 0 aliphatic rings. The smallest absolute Gasteiger partial charge is 0.357 e. The second-order valence-electron chi connectivity index (χ2n) is 2.94. The van der Waals surface area contributed by atoms with E-state index in [0.29, 0.717) is 16.5 Å². The Morgan fingerprint density at radius 1 is 1.53 bits per heavy atom. The van der Waals surface area contributed by atoms with E-state index in [1.807, 2.05) is 19.1 Å². The molecule has 0 saturated carbocycles. The zero-order valence-corrected chi connectivity index (χ0v) is 9.13. The number of nitrogens with zero attached hydrogens (tertiary/aromatic N) is 1. The summed E-state index contributed by atoms with van der Waals surface area (Å²) in [5, 5.41) is 2.34. The van der Waals surface area contributed by atoms with Gasteiger partial charge in [0, 0.05) is 5.38 Å². The molecule has 2 rings (SSSR count). The minimum absolute atomic E-state index is 0.312. The van der Waals surface area contributed by atoms with Crippen LogP contribution in [0.1, 0.15) is 16.2 Å². The molecule has 0 aliphatic heterocycles. The molecule has 0 N–H and O–H groups in total. The van der Waals surface area contributed by atoms with Crippen LogP contribution in [0.3, 0.4) is 0 Å². The van der Waals surface area contributed by atoms with Crippen molar-refractivity contribution >= 4 is 17.3 Å². The topological polar surface area (TPSA) is 52.3 Å². The van der Waals surface area contributed by atoms with Gasteiger partial charge in [-0.05, 0) is 19.1 Å². The van der Waals surface area contributed by atoms with Crippen molar-refractivity contribution in [1.82, 2.24) is 4.98 Å².